The lowest BCUT2D eigenvalue weighted by atomic mass is 9.79. The standard InChI is InChI=1S/C15H23N3O5/c1-10(2)23-13(20)12(6-5-11(19)9-17-16)18-14(21)15(22-3)7-4-8-15/h9-10,12H,4-8H2,1-3H3,(H,18,21)/t12-/m0/s1. The van der Waals surface area contributed by atoms with Crippen LogP contribution in [-0.2, 0) is 23.9 Å². The molecule has 1 aliphatic rings. The summed E-state index contributed by atoms with van der Waals surface area (Å²) in [6, 6.07) is -0.950. The summed E-state index contributed by atoms with van der Waals surface area (Å²) >= 11 is 0. The van der Waals surface area contributed by atoms with Crippen LogP contribution in [0, 0.1) is 0 Å². The van der Waals surface area contributed by atoms with Gasteiger partial charge in [-0.3, -0.25) is 9.59 Å². The van der Waals surface area contributed by atoms with Crippen LogP contribution in [0.25, 0.3) is 5.53 Å². The average Bonchev–Trinajstić information content (AvgIpc) is 2.42. The van der Waals surface area contributed by atoms with E-state index >= 15 is 0 Å². The first kappa shape index (κ1) is 19.0. The number of carbonyl (C=O) groups excluding carboxylic acids is 3. The second kappa shape index (κ2) is 8.55. The van der Waals surface area contributed by atoms with Crippen molar-refractivity contribution < 1.29 is 28.6 Å². The summed E-state index contributed by atoms with van der Waals surface area (Å²) in [6.07, 6.45) is 2.50. The summed E-state index contributed by atoms with van der Waals surface area (Å²) in [5, 5.41) is 2.62. The van der Waals surface area contributed by atoms with Gasteiger partial charge in [0.1, 0.15) is 11.6 Å². The largest absolute Gasteiger partial charge is 0.461 e. The molecule has 0 aromatic rings. The van der Waals surface area contributed by atoms with Gasteiger partial charge in [0.2, 0.25) is 5.78 Å². The lowest BCUT2D eigenvalue weighted by molar-refractivity contribution is -0.161. The molecule has 0 saturated heterocycles. The molecule has 1 rings (SSSR count). The van der Waals surface area contributed by atoms with E-state index < -0.39 is 23.4 Å². The summed E-state index contributed by atoms with van der Waals surface area (Å²) in [7, 11) is 1.46. The lowest BCUT2D eigenvalue weighted by Crippen LogP contribution is -2.57. The Morgan fingerprint density at radius 2 is 2.00 bits per heavy atom. The monoisotopic (exact) mass is 325 g/mol. The maximum atomic E-state index is 12.4. The summed E-state index contributed by atoms with van der Waals surface area (Å²) < 4.78 is 10.4. The Kier molecular flexibility index (Phi) is 7.06. The number of methoxy groups -OCH3 is 1. The minimum Gasteiger partial charge on any atom is -0.461 e. The fourth-order valence-corrected chi connectivity index (χ4v) is 2.29. The van der Waals surface area contributed by atoms with Gasteiger partial charge in [-0.15, -0.1) is 0 Å². The number of carbonyl (C=O) groups is 3. The molecule has 0 aromatic carbocycles. The SMILES string of the molecule is COC1(C(=O)N[C@@H](CCC(=O)C=[N+]=[N-])C(=O)OC(C)C)CCC1. The van der Waals surface area contributed by atoms with Gasteiger partial charge in [0, 0.05) is 13.5 Å². The molecule has 1 saturated carbocycles. The van der Waals surface area contributed by atoms with Gasteiger partial charge in [-0.2, -0.15) is 4.79 Å². The minimum atomic E-state index is -0.950. The molecule has 0 spiro atoms. The number of amides is 1. The molecule has 1 fully saturated rings. The van der Waals surface area contributed by atoms with Crippen LogP contribution in [0.5, 0.6) is 0 Å². The Balaban J connectivity index is 2.73. The van der Waals surface area contributed by atoms with Crippen molar-refractivity contribution in [2.75, 3.05) is 7.11 Å². The van der Waals surface area contributed by atoms with Crippen molar-refractivity contribution in [3.63, 3.8) is 0 Å². The summed E-state index contributed by atoms with van der Waals surface area (Å²) in [4.78, 5) is 38.5. The molecule has 8 heteroatoms. The van der Waals surface area contributed by atoms with E-state index in [1.807, 2.05) is 0 Å². The van der Waals surface area contributed by atoms with Crippen molar-refractivity contribution in [3.8, 4) is 0 Å². The van der Waals surface area contributed by atoms with E-state index in [1.165, 1.54) is 7.11 Å². The van der Waals surface area contributed by atoms with E-state index in [0.29, 0.717) is 12.8 Å². The summed E-state index contributed by atoms with van der Waals surface area (Å²) in [5.41, 5.74) is 7.43. The molecule has 0 unspecified atom stereocenters. The van der Waals surface area contributed by atoms with Crippen molar-refractivity contribution >= 4 is 23.9 Å². The highest BCUT2D eigenvalue weighted by Gasteiger charge is 2.45. The van der Waals surface area contributed by atoms with Crippen molar-refractivity contribution in [3.05, 3.63) is 5.53 Å². The predicted octanol–water partition coefficient (Wildman–Crippen LogP) is 0.642. The van der Waals surface area contributed by atoms with Gasteiger partial charge in [-0.05, 0) is 39.5 Å². The molecular formula is C15H23N3O5. The first-order valence-corrected chi connectivity index (χ1v) is 7.61. The molecular weight excluding hydrogens is 302 g/mol. The number of ether oxygens (including phenoxy) is 2. The van der Waals surface area contributed by atoms with Crippen LogP contribution >= 0.6 is 0 Å². The molecule has 0 radical (unpaired) electrons. The van der Waals surface area contributed by atoms with Crippen LogP contribution < -0.4 is 5.32 Å². The highest BCUT2D eigenvalue weighted by atomic mass is 16.5. The lowest BCUT2D eigenvalue weighted by Gasteiger charge is -2.39. The molecule has 0 aromatic heterocycles. The van der Waals surface area contributed by atoms with Crippen molar-refractivity contribution in [1.29, 1.82) is 0 Å². The Morgan fingerprint density at radius 3 is 2.43 bits per heavy atom. The van der Waals surface area contributed by atoms with Gasteiger partial charge in [0.25, 0.3) is 5.91 Å². The summed E-state index contributed by atoms with van der Waals surface area (Å²) in [6.45, 7) is 3.39. The number of esters is 1. The third kappa shape index (κ3) is 5.26. The number of ketones is 1. The van der Waals surface area contributed by atoms with Crippen molar-refractivity contribution in [2.24, 2.45) is 0 Å². The highest BCUT2D eigenvalue weighted by Crippen LogP contribution is 2.35. The molecule has 0 heterocycles. The third-order valence-electron chi connectivity index (χ3n) is 3.79. The first-order chi connectivity index (χ1) is 10.8. The third-order valence-corrected chi connectivity index (χ3v) is 3.79. The number of hydrogen-bond donors (Lipinski definition) is 1. The molecule has 1 N–H and O–H groups in total. The zero-order chi connectivity index (χ0) is 17.5. The molecule has 128 valence electrons. The van der Waals surface area contributed by atoms with Crippen LogP contribution in [-0.4, -0.2) is 53.5 Å². The highest BCUT2D eigenvalue weighted by molar-refractivity contribution is 6.25. The topological polar surface area (TPSA) is 118 Å². The van der Waals surface area contributed by atoms with Gasteiger partial charge in [0.15, 0.2) is 0 Å². The van der Waals surface area contributed by atoms with Gasteiger partial charge in [0.05, 0.1) is 6.10 Å². The van der Waals surface area contributed by atoms with Crippen LogP contribution in [0.4, 0.5) is 0 Å². The van der Waals surface area contributed by atoms with Gasteiger partial charge in [-0.25, -0.2) is 4.79 Å². The van der Waals surface area contributed by atoms with E-state index in [2.05, 4.69) is 10.1 Å². The van der Waals surface area contributed by atoms with Crippen molar-refractivity contribution in [1.82, 2.24) is 5.32 Å². The average molecular weight is 325 g/mol. The van der Waals surface area contributed by atoms with Crippen LogP contribution in [0.2, 0.25) is 0 Å². The molecule has 23 heavy (non-hydrogen) atoms. The van der Waals surface area contributed by atoms with Gasteiger partial charge >= 0.3 is 12.2 Å². The molecule has 1 amide bonds. The Bertz CT molecular complexity index is 502. The fourth-order valence-electron chi connectivity index (χ4n) is 2.29. The predicted molar refractivity (Wildman–Crippen MR) is 80.7 cm³/mol. The quantitative estimate of drug-likeness (QED) is 0.289. The van der Waals surface area contributed by atoms with E-state index in [0.717, 1.165) is 12.6 Å². The van der Waals surface area contributed by atoms with E-state index in [9.17, 15) is 14.4 Å². The van der Waals surface area contributed by atoms with Crippen LogP contribution in [0.1, 0.15) is 46.0 Å². The smallest absolute Gasteiger partial charge is 0.328 e. The molecule has 8 nitrogen and oxygen atoms in total. The normalized spacial score (nSPS) is 16.7. The van der Waals surface area contributed by atoms with E-state index in [1.54, 1.807) is 13.8 Å². The first-order valence-electron chi connectivity index (χ1n) is 7.61. The zero-order valence-electron chi connectivity index (χ0n) is 13.7. The Hall–Kier alpha value is -2.05. The number of hydrogen-bond acceptors (Lipinski definition) is 5. The number of nitrogens with zero attached hydrogens (tertiary/aromatic N) is 2. The fraction of sp³-hybridized carbons (Fsp3) is 0.733. The Labute approximate surface area is 135 Å². The van der Waals surface area contributed by atoms with E-state index in [-0.39, 0.29) is 24.9 Å². The van der Waals surface area contributed by atoms with Gasteiger partial charge in [-0.1, -0.05) is 0 Å². The Morgan fingerprint density at radius 1 is 1.35 bits per heavy atom. The van der Waals surface area contributed by atoms with Crippen LogP contribution in [0.15, 0.2) is 0 Å². The van der Waals surface area contributed by atoms with E-state index in [4.69, 9.17) is 15.0 Å². The maximum absolute atomic E-state index is 12.4. The number of nitrogens with one attached hydrogen (secondary N) is 1. The second-order valence-electron chi connectivity index (χ2n) is 5.81. The maximum Gasteiger partial charge on any atom is 0.328 e. The van der Waals surface area contributed by atoms with Gasteiger partial charge < -0.3 is 20.3 Å². The molecule has 0 aliphatic heterocycles. The summed E-state index contributed by atoms with van der Waals surface area (Å²) in [5.74, 6) is -1.43. The minimum absolute atomic E-state index is 0.0534. The number of Topliss-reactive ketones (excluding diaryl/α,β-unsaturated/α-hetero) is 1. The number of rotatable bonds is 9. The molecule has 1 aliphatic carbocycles. The molecule has 1 atom stereocenters. The van der Waals surface area contributed by atoms with Crippen LogP contribution in [0.3, 0.4) is 0 Å². The molecule has 0 bridgehead atoms. The zero-order valence-corrected chi connectivity index (χ0v) is 13.7. The second-order valence-corrected chi connectivity index (χ2v) is 5.81. The van der Waals surface area contributed by atoms with Crippen molar-refractivity contribution in [2.45, 2.75) is 63.7 Å².